The molecule has 1 aromatic carbocycles. The quantitative estimate of drug-likeness (QED) is 0.686. The van der Waals surface area contributed by atoms with Crippen LogP contribution in [0.4, 0.5) is 0 Å². The number of rotatable bonds is 1. The topological polar surface area (TPSA) is 9.23 Å². The Morgan fingerprint density at radius 3 is 2.25 bits per heavy atom. The Labute approximate surface area is 82.1 Å². The number of ether oxygens (including phenoxy) is 1. The van der Waals surface area contributed by atoms with Gasteiger partial charge in [0.25, 0.3) is 0 Å². The van der Waals surface area contributed by atoms with E-state index in [0.717, 1.165) is 5.02 Å². The van der Waals surface area contributed by atoms with Crippen molar-refractivity contribution >= 4 is 24.2 Å². The molecule has 1 heterocycles. The summed E-state index contributed by atoms with van der Waals surface area (Å²) >= 11 is 10.3. The van der Waals surface area contributed by atoms with Gasteiger partial charge in [0.15, 0.2) is 0 Å². The van der Waals surface area contributed by atoms with Crippen molar-refractivity contribution in [1.82, 2.24) is 0 Å². The fourth-order valence-corrected chi connectivity index (χ4v) is 1.68. The van der Waals surface area contributed by atoms with Crippen LogP contribution in [0.25, 0.3) is 0 Å². The van der Waals surface area contributed by atoms with Crippen LogP contribution in [0.5, 0.6) is 0 Å². The van der Waals surface area contributed by atoms with Crippen molar-refractivity contribution in [3.8, 4) is 0 Å². The summed E-state index contributed by atoms with van der Waals surface area (Å²) in [5.74, 6) is 0. The summed E-state index contributed by atoms with van der Waals surface area (Å²) in [7, 11) is 0. The first kappa shape index (κ1) is 8.42. The van der Waals surface area contributed by atoms with E-state index in [1.165, 1.54) is 5.56 Å². The lowest BCUT2D eigenvalue weighted by Crippen LogP contribution is -2.41. The summed E-state index contributed by atoms with van der Waals surface area (Å²) < 4.78 is 5.03. The lowest BCUT2D eigenvalue weighted by atomic mass is 9.96. The molecule has 12 heavy (non-hydrogen) atoms. The van der Waals surface area contributed by atoms with Gasteiger partial charge >= 0.3 is 0 Å². The van der Waals surface area contributed by atoms with Crippen LogP contribution in [0.15, 0.2) is 24.3 Å². The fourth-order valence-electron chi connectivity index (χ4n) is 1.22. The van der Waals surface area contributed by atoms with E-state index >= 15 is 0 Å². The Bertz CT molecular complexity index is 279. The minimum Gasteiger partial charge on any atom is -0.378 e. The molecule has 1 aromatic rings. The highest BCUT2D eigenvalue weighted by Crippen LogP contribution is 2.36. The van der Waals surface area contributed by atoms with E-state index in [9.17, 15) is 0 Å². The number of hydrogen-bond acceptors (Lipinski definition) is 2. The predicted molar refractivity (Wildman–Crippen MR) is 52.9 cm³/mol. The zero-order chi connectivity index (χ0) is 8.60. The van der Waals surface area contributed by atoms with Gasteiger partial charge in [-0.3, -0.25) is 0 Å². The SMILES string of the molecule is SC1(c2ccc(Cl)cc2)COC1. The van der Waals surface area contributed by atoms with E-state index < -0.39 is 0 Å². The normalized spacial score (nSPS) is 20.2. The first-order valence-electron chi connectivity index (χ1n) is 3.77. The molecule has 1 fully saturated rings. The molecule has 0 spiro atoms. The summed E-state index contributed by atoms with van der Waals surface area (Å²) in [4.78, 5) is 0. The Morgan fingerprint density at radius 2 is 1.83 bits per heavy atom. The van der Waals surface area contributed by atoms with Crippen molar-refractivity contribution in [2.24, 2.45) is 0 Å². The summed E-state index contributed by atoms with van der Waals surface area (Å²) in [5.41, 5.74) is 1.18. The molecular weight excluding hydrogens is 192 g/mol. The highest BCUT2D eigenvalue weighted by atomic mass is 35.5. The van der Waals surface area contributed by atoms with Gasteiger partial charge in [-0.25, -0.2) is 0 Å². The largest absolute Gasteiger partial charge is 0.378 e. The third-order valence-electron chi connectivity index (χ3n) is 2.06. The minimum absolute atomic E-state index is 0.0788. The van der Waals surface area contributed by atoms with Crippen molar-refractivity contribution in [1.29, 1.82) is 0 Å². The zero-order valence-corrected chi connectivity index (χ0v) is 8.11. The molecule has 2 rings (SSSR count). The van der Waals surface area contributed by atoms with Gasteiger partial charge in [-0.05, 0) is 17.7 Å². The van der Waals surface area contributed by atoms with Crippen LogP contribution >= 0.6 is 24.2 Å². The zero-order valence-electron chi connectivity index (χ0n) is 6.46. The molecule has 0 N–H and O–H groups in total. The average Bonchev–Trinajstić information content (AvgIpc) is 2.02. The van der Waals surface area contributed by atoms with Crippen molar-refractivity contribution in [2.75, 3.05) is 13.2 Å². The van der Waals surface area contributed by atoms with Crippen molar-refractivity contribution in [3.05, 3.63) is 34.9 Å². The molecule has 1 aliphatic heterocycles. The molecule has 1 nitrogen and oxygen atoms in total. The molecule has 0 saturated carbocycles. The number of thiol groups is 1. The molecule has 0 aromatic heterocycles. The van der Waals surface area contributed by atoms with Gasteiger partial charge in [0, 0.05) is 5.02 Å². The van der Waals surface area contributed by atoms with Gasteiger partial charge in [-0.15, -0.1) is 0 Å². The maximum Gasteiger partial charge on any atom is 0.0844 e. The van der Waals surface area contributed by atoms with Crippen LogP contribution in [0, 0.1) is 0 Å². The van der Waals surface area contributed by atoms with Crippen LogP contribution < -0.4 is 0 Å². The molecule has 64 valence electrons. The molecule has 0 aliphatic carbocycles. The third kappa shape index (κ3) is 1.35. The van der Waals surface area contributed by atoms with Gasteiger partial charge in [0.2, 0.25) is 0 Å². The fraction of sp³-hybridized carbons (Fsp3) is 0.333. The second kappa shape index (κ2) is 2.95. The van der Waals surface area contributed by atoms with E-state index in [2.05, 4.69) is 12.6 Å². The van der Waals surface area contributed by atoms with E-state index in [0.29, 0.717) is 13.2 Å². The number of halogens is 1. The maximum absolute atomic E-state index is 5.77. The second-order valence-electron chi connectivity index (χ2n) is 3.03. The molecule has 1 saturated heterocycles. The molecule has 0 bridgehead atoms. The smallest absolute Gasteiger partial charge is 0.0844 e. The van der Waals surface area contributed by atoms with Gasteiger partial charge in [0.05, 0.1) is 18.0 Å². The Kier molecular flexibility index (Phi) is 2.07. The van der Waals surface area contributed by atoms with Crippen molar-refractivity contribution < 1.29 is 4.74 Å². The second-order valence-corrected chi connectivity index (χ2v) is 4.32. The van der Waals surface area contributed by atoms with Crippen LogP contribution in [0.2, 0.25) is 5.02 Å². The van der Waals surface area contributed by atoms with Gasteiger partial charge < -0.3 is 4.74 Å². The first-order chi connectivity index (χ1) is 5.71. The van der Waals surface area contributed by atoms with E-state index in [4.69, 9.17) is 16.3 Å². The van der Waals surface area contributed by atoms with Gasteiger partial charge in [-0.1, -0.05) is 23.7 Å². The van der Waals surface area contributed by atoms with Crippen molar-refractivity contribution in [2.45, 2.75) is 4.75 Å². The summed E-state index contributed by atoms with van der Waals surface area (Å²) in [5, 5.41) is 0.760. The summed E-state index contributed by atoms with van der Waals surface area (Å²) in [6.07, 6.45) is 0. The molecule has 3 heteroatoms. The molecule has 0 unspecified atom stereocenters. The number of benzene rings is 1. The number of hydrogen-bond donors (Lipinski definition) is 1. The van der Waals surface area contributed by atoms with Crippen LogP contribution in [0.3, 0.4) is 0 Å². The molecule has 0 atom stereocenters. The molecule has 0 amide bonds. The Hall–Kier alpha value is -0.180. The lowest BCUT2D eigenvalue weighted by Gasteiger charge is -2.37. The maximum atomic E-state index is 5.77. The third-order valence-corrected chi connectivity index (χ3v) is 2.83. The first-order valence-corrected chi connectivity index (χ1v) is 4.59. The van der Waals surface area contributed by atoms with Crippen molar-refractivity contribution in [3.63, 3.8) is 0 Å². The highest BCUT2D eigenvalue weighted by Gasteiger charge is 2.36. The average molecular weight is 201 g/mol. The molecule has 0 radical (unpaired) electrons. The van der Waals surface area contributed by atoms with Crippen LogP contribution in [0.1, 0.15) is 5.56 Å². The Morgan fingerprint density at radius 1 is 1.25 bits per heavy atom. The monoisotopic (exact) mass is 200 g/mol. The van der Waals surface area contributed by atoms with E-state index in [-0.39, 0.29) is 4.75 Å². The van der Waals surface area contributed by atoms with E-state index in [1.807, 2.05) is 24.3 Å². The molecule has 1 aliphatic rings. The standard InChI is InChI=1S/C9H9ClOS/c10-8-3-1-7(2-4-8)9(12)5-11-6-9/h1-4,12H,5-6H2. The lowest BCUT2D eigenvalue weighted by molar-refractivity contribution is -0.00968. The predicted octanol–water partition coefficient (Wildman–Crippen LogP) is 2.50. The van der Waals surface area contributed by atoms with Gasteiger partial charge in [0.1, 0.15) is 0 Å². The Balaban J connectivity index is 2.28. The highest BCUT2D eigenvalue weighted by molar-refractivity contribution is 7.81. The van der Waals surface area contributed by atoms with Crippen LogP contribution in [-0.2, 0) is 9.48 Å². The molecular formula is C9H9ClOS. The van der Waals surface area contributed by atoms with Crippen LogP contribution in [-0.4, -0.2) is 13.2 Å². The summed E-state index contributed by atoms with van der Waals surface area (Å²) in [6, 6.07) is 7.76. The summed E-state index contributed by atoms with van der Waals surface area (Å²) in [6.45, 7) is 1.38. The van der Waals surface area contributed by atoms with Gasteiger partial charge in [-0.2, -0.15) is 12.6 Å². The minimum atomic E-state index is -0.0788. The van der Waals surface area contributed by atoms with E-state index in [1.54, 1.807) is 0 Å².